The van der Waals surface area contributed by atoms with Gasteiger partial charge in [-0.05, 0) is 24.8 Å². The fourth-order valence-electron chi connectivity index (χ4n) is 3.07. The van der Waals surface area contributed by atoms with E-state index in [0.29, 0.717) is 12.3 Å². The van der Waals surface area contributed by atoms with E-state index in [1.165, 1.54) is 0 Å². The Morgan fingerprint density at radius 3 is 2.91 bits per heavy atom. The zero-order valence-electron chi connectivity index (χ0n) is 13.0. The average Bonchev–Trinajstić information content (AvgIpc) is 3.18. The van der Waals surface area contributed by atoms with Crippen molar-refractivity contribution >= 4 is 5.91 Å². The number of carbonyl (C=O) groups excluding carboxylic acids is 1. The number of rotatable bonds is 5. The van der Waals surface area contributed by atoms with E-state index < -0.39 is 0 Å². The monoisotopic (exact) mass is 298 g/mol. The van der Waals surface area contributed by atoms with Crippen molar-refractivity contribution in [2.24, 2.45) is 5.92 Å². The van der Waals surface area contributed by atoms with Gasteiger partial charge in [-0.3, -0.25) is 4.79 Å². The van der Waals surface area contributed by atoms with Gasteiger partial charge < -0.3 is 9.47 Å². The lowest BCUT2D eigenvalue weighted by Crippen LogP contribution is -2.30. The summed E-state index contributed by atoms with van der Waals surface area (Å²) in [5.74, 6) is 1.75. The molecule has 1 saturated heterocycles. The highest BCUT2D eigenvalue weighted by Crippen LogP contribution is 2.21. The van der Waals surface area contributed by atoms with Crippen molar-refractivity contribution in [3.8, 4) is 0 Å². The van der Waals surface area contributed by atoms with Crippen LogP contribution in [0.5, 0.6) is 0 Å². The lowest BCUT2D eigenvalue weighted by molar-refractivity contribution is -0.129. The number of carbonyl (C=O) groups is 1. The minimum Gasteiger partial charge on any atom is -0.342 e. The third kappa shape index (κ3) is 3.35. The van der Waals surface area contributed by atoms with Crippen molar-refractivity contribution in [1.29, 1.82) is 0 Å². The first-order valence-electron chi connectivity index (χ1n) is 7.94. The van der Waals surface area contributed by atoms with Gasteiger partial charge in [-0.1, -0.05) is 30.3 Å². The Morgan fingerprint density at radius 1 is 1.32 bits per heavy atom. The zero-order chi connectivity index (χ0) is 15.4. The maximum atomic E-state index is 12.4. The van der Waals surface area contributed by atoms with E-state index in [9.17, 15) is 4.79 Å². The van der Waals surface area contributed by atoms with E-state index in [1.807, 2.05) is 35.2 Å². The molecule has 5 nitrogen and oxygen atoms in total. The van der Waals surface area contributed by atoms with Gasteiger partial charge in [0.1, 0.15) is 12.2 Å². The van der Waals surface area contributed by atoms with Gasteiger partial charge in [0, 0.05) is 26.1 Å². The first-order valence-corrected chi connectivity index (χ1v) is 7.94. The van der Waals surface area contributed by atoms with E-state index in [1.54, 1.807) is 6.33 Å². The molecule has 1 aromatic heterocycles. The highest BCUT2D eigenvalue weighted by Gasteiger charge is 2.27. The van der Waals surface area contributed by atoms with Crippen LogP contribution in [0.25, 0.3) is 0 Å². The highest BCUT2D eigenvalue weighted by atomic mass is 16.2. The standard InChI is InChI=1S/C17H22N4O/c1-2-20-13-18-19-16(20)10-15-8-9-21(12-15)17(22)11-14-6-4-3-5-7-14/h3-7,13,15H,2,8-12H2,1H3. The Balaban J connectivity index is 1.54. The van der Waals surface area contributed by atoms with Crippen LogP contribution in [0.1, 0.15) is 24.7 Å². The summed E-state index contributed by atoms with van der Waals surface area (Å²) >= 11 is 0. The van der Waals surface area contributed by atoms with E-state index in [2.05, 4.69) is 21.7 Å². The minimum absolute atomic E-state index is 0.227. The van der Waals surface area contributed by atoms with Crippen molar-refractivity contribution < 1.29 is 4.79 Å². The van der Waals surface area contributed by atoms with Crippen molar-refractivity contribution in [2.45, 2.75) is 32.7 Å². The molecule has 116 valence electrons. The smallest absolute Gasteiger partial charge is 0.226 e. The topological polar surface area (TPSA) is 51.0 Å². The molecule has 0 spiro atoms. The summed E-state index contributed by atoms with van der Waals surface area (Å²) in [6.45, 7) is 4.68. The van der Waals surface area contributed by atoms with Crippen LogP contribution in [-0.4, -0.2) is 38.7 Å². The van der Waals surface area contributed by atoms with Gasteiger partial charge in [-0.15, -0.1) is 10.2 Å². The molecule has 0 N–H and O–H groups in total. The molecule has 1 aliphatic rings. The Labute approximate surface area is 131 Å². The van der Waals surface area contributed by atoms with Crippen LogP contribution in [0.3, 0.4) is 0 Å². The molecule has 0 bridgehead atoms. The molecule has 2 aromatic rings. The predicted molar refractivity (Wildman–Crippen MR) is 84.2 cm³/mol. The first kappa shape index (κ1) is 14.8. The van der Waals surface area contributed by atoms with Crippen molar-refractivity contribution in [3.63, 3.8) is 0 Å². The quantitative estimate of drug-likeness (QED) is 0.847. The summed E-state index contributed by atoms with van der Waals surface area (Å²) < 4.78 is 2.08. The second-order valence-electron chi connectivity index (χ2n) is 5.89. The molecule has 22 heavy (non-hydrogen) atoms. The molecule has 2 heterocycles. The second-order valence-corrected chi connectivity index (χ2v) is 5.89. The molecule has 0 saturated carbocycles. The van der Waals surface area contributed by atoms with Crippen molar-refractivity contribution in [3.05, 3.63) is 48.0 Å². The molecule has 3 rings (SSSR count). The molecular weight excluding hydrogens is 276 g/mol. The number of aryl methyl sites for hydroxylation is 1. The molecule has 1 fully saturated rings. The van der Waals surface area contributed by atoms with Gasteiger partial charge in [-0.2, -0.15) is 0 Å². The number of hydrogen-bond donors (Lipinski definition) is 0. The van der Waals surface area contributed by atoms with E-state index in [0.717, 1.165) is 43.9 Å². The number of benzene rings is 1. The number of amides is 1. The van der Waals surface area contributed by atoms with Crippen LogP contribution in [0, 0.1) is 5.92 Å². The Kier molecular flexibility index (Phi) is 4.51. The second kappa shape index (κ2) is 6.73. The summed E-state index contributed by atoms with van der Waals surface area (Å²) in [5, 5.41) is 8.18. The molecule has 1 atom stereocenters. The van der Waals surface area contributed by atoms with Gasteiger partial charge in [0.15, 0.2) is 0 Å². The summed E-state index contributed by atoms with van der Waals surface area (Å²) in [4.78, 5) is 14.4. The van der Waals surface area contributed by atoms with Gasteiger partial charge in [0.05, 0.1) is 6.42 Å². The Morgan fingerprint density at radius 2 is 2.14 bits per heavy atom. The first-order chi connectivity index (χ1) is 10.8. The molecule has 1 aromatic carbocycles. The lowest BCUT2D eigenvalue weighted by atomic mass is 10.0. The van der Waals surface area contributed by atoms with Crippen LogP contribution in [0.4, 0.5) is 0 Å². The number of aromatic nitrogens is 3. The van der Waals surface area contributed by atoms with Crippen molar-refractivity contribution in [2.75, 3.05) is 13.1 Å². The third-order valence-corrected chi connectivity index (χ3v) is 4.34. The maximum absolute atomic E-state index is 12.4. The molecule has 1 aliphatic heterocycles. The van der Waals surface area contributed by atoms with Gasteiger partial charge in [-0.25, -0.2) is 0 Å². The van der Waals surface area contributed by atoms with Crippen LogP contribution < -0.4 is 0 Å². The number of likely N-dealkylation sites (tertiary alicyclic amines) is 1. The summed E-state index contributed by atoms with van der Waals surface area (Å²) in [5.41, 5.74) is 1.08. The SMILES string of the molecule is CCn1cnnc1CC1CCN(C(=O)Cc2ccccc2)C1. The van der Waals surface area contributed by atoms with Crippen LogP contribution in [-0.2, 0) is 24.2 Å². The van der Waals surface area contributed by atoms with Crippen molar-refractivity contribution in [1.82, 2.24) is 19.7 Å². The van der Waals surface area contributed by atoms with Gasteiger partial charge in [0.2, 0.25) is 5.91 Å². The molecule has 0 radical (unpaired) electrons. The van der Waals surface area contributed by atoms with Gasteiger partial charge >= 0.3 is 0 Å². The number of nitrogens with zero attached hydrogens (tertiary/aromatic N) is 4. The van der Waals surface area contributed by atoms with E-state index in [-0.39, 0.29) is 5.91 Å². The zero-order valence-corrected chi connectivity index (χ0v) is 13.0. The molecule has 1 amide bonds. The van der Waals surface area contributed by atoms with E-state index >= 15 is 0 Å². The van der Waals surface area contributed by atoms with E-state index in [4.69, 9.17) is 0 Å². The summed E-state index contributed by atoms with van der Waals surface area (Å²) in [6.07, 6.45) is 4.24. The predicted octanol–water partition coefficient (Wildman–Crippen LogP) is 1.93. The minimum atomic E-state index is 0.227. The summed E-state index contributed by atoms with van der Waals surface area (Å²) in [7, 11) is 0. The fraction of sp³-hybridized carbons (Fsp3) is 0.471. The van der Waals surface area contributed by atoms with Crippen LogP contribution >= 0.6 is 0 Å². The largest absolute Gasteiger partial charge is 0.342 e. The number of hydrogen-bond acceptors (Lipinski definition) is 3. The normalized spacial score (nSPS) is 17.9. The average molecular weight is 298 g/mol. The summed E-state index contributed by atoms with van der Waals surface area (Å²) in [6, 6.07) is 9.95. The van der Waals surface area contributed by atoms with Gasteiger partial charge in [0.25, 0.3) is 0 Å². The van der Waals surface area contributed by atoms with Crippen LogP contribution in [0.2, 0.25) is 0 Å². The highest BCUT2D eigenvalue weighted by molar-refractivity contribution is 5.79. The lowest BCUT2D eigenvalue weighted by Gasteiger charge is -2.16. The Hall–Kier alpha value is -2.17. The van der Waals surface area contributed by atoms with Crippen LogP contribution in [0.15, 0.2) is 36.7 Å². The Bertz CT molecular complexity index is 623. The molecular formula is C17H22N4O. The molecule has 0 aliphatic carbocycles. The fourth-order valence-corrected chi connectivity index (χ4v) is 3.07. The third-order valence-electron chi connectivity index (χ3n) is 4.34. The molecule has 1 unspecified atom stereocenters. The molecule has 5 heteroatoms. The maximum Gasteiger partial charge on any atom is 0.226 e.